The molecule has 1 saturated heterocycles. The molecule has 0 spiro atoms. The lowest BCUT2D eigenvalue weighted by Crippen LogP contribution is -2.45. The van der Waals surface area contributed by atoms with Gasteiger partial charge in [-0.05, 0) is 44.7 Å². The molecule has 0 radical (unpaired) electrons. The van der Waals surface area contributed by atoms with Crippen LogP contribution in [0.3, 0.4) is 0 Å². The predicted molar refractivity (Wildman–Crippen MR) is 71.3 cm³/mol. The minimum atomic E-state index is 0.185. The van der Waals surface area contributed by atoms with Gasteiger partial charge in [-0.25, -0.2) is 0 Å². The summed E-state index contributed by atoms with van der Waals surface area (Å²) in [6.07, 6.45) is 8.18. The van der Waals surface area contributed by atoms with E-state index in [2.05, 4.69) is 10.2 Å². The predicted octanol–water partition coefficient (Wildman–Crippen LogP) is 1.14. The number of aliphatic hydroxyl groups excluding tert-OH is 1. The van der Waals surface area contributed by atoms with Crippen molar-refractivity contribution in [1.82, 2.24) is 10.2 Å². The third-order valence-electron chi connectivity index (χ3n) is 4.30. The summed E-state index contributed by atoms with van der Waals surface area (Å²) in [5.41, 5.74) is 0. The Balaban J connectivity index is 1.65. The van der Waals surface area contributed by atoms with Crippen molar-refractivity contribution >= 4 is 5.91 Å². The van der Waals surface area contributed by atoms with Gasteiger partial charge in [0.2, 0.25) is 5.91 Å². The van der Waals surface area contributed by atoms with Gasteiger partial charge in [-0.3, -0.25) is 9.69 Å². The van der Waals surface area contributed by atoms with Crippen molar-refractivity contribution in [2.45, 2.75) is 51.0 Å². The Labute approximate surface area is 110 Å². The van der Waals surface area contributed by atoms with Crippen LogP contribution in [0, 0.1) is 5.92 Å². The molecule has 2 N–H and O–H groups in total. The topological polar surface area (TPSA) is 52.6 Å². The summed E-state index contributed by atoms with van der Waals surface area (Å²) >= 11 is 0. The Hall–Kier alpha value is -0.610. The molecule has 0 unspecified atom stereocenters. The molecule has 1 aliphatic heterocycles. The van der Waals surface area contributed by atoms with Crippen LogP contribution in [0.2, 0.25) is 0 Å². The highest BCUT2D eigenvalue weighted by Gasteiger charge is 2.21. The molecular weight excluding hydrogens is 228 g/mol. The van der Waals surface area contributed by atoms with Crippen molar-refractivity contribution in [3.8, 4) is 0 Å². The zero-order chi connectivity index (χ0) is 12.8. The SMILES string of the molecule is O=C(CN1CCC(CO)CC1)NC1CCCCC1. The van der Waals surface area contributed by atoms with Crippen LogP contribution in [0.25, 0.3) is 0 Å². The molecule has 2 fully saturated rings. The number of piperidine rings is 1. The number of aliphatic hydroxyl groups is 1. The van der Waals surface area contributed by atoms with E-state index in [1.165, 1.54) is 19.3 Å². The summed E-state index contributed by atoms with van der Waals surface area (Å²) in [6, 6.07) is 0.418. The van der Waals surface area contributed by atoms with E-state index < -0.39 is 0 Å². The monoisotopic (exact) mass is 254 g/mol. The van der Waals surface area contributed by atoms with E-state index in [4.69, 9.17) is 5.11 Å². The van der Waals surface area contributed by atoms with Crippen LogP contribution in [0.4, 0.5) is 0 Å². The second-order valence-corrected chi connectivity index (χ2v) is 5.80. The Morgan fingerprint density at radius 2 is 1.78 bits per heavy atom. The minimum absolute atomic E-state index is 0.185. The summed E-state index contributed by atoms with van der Waals surface area (Å²) in [5, 5.41) is 12.2. The van der Waals surface area contributed by atoms with Crippen LogP contribution in [0.5, 0.6) is 0 Å². The van der Waals surface area contributed by atoms with Crippen molar-refractivity contribution in [3.63, 3.8) is 0 Å². The van der Waals surface area contributed by atoms with Crippen LogP contribution in [0.1, 0.15) is 44.9 Å². The van der Waals surface area contributed by atoms with E-state index in [0.717, 1.165) is 38.8 Å². The third kappa shape index (κ3) is 4.25. The van der Waals surface area contributed by atoms with Crippen LogP contribution >= 0.6 is 0 Å². The number of nitrogens with zero attached hydrogens (tertiary/aromatic N) is 1. The van der Waals surface area contributed by atoms with Gasteiger partial charge in [-0.1, -0.05) is 19.3 Å². The molecule has 2 aliphatic rings. The standard InChI is InChI=1S/C14H26N2O2/c17-11-12-6-8-16(9-7-12)10-14(18)15-13-4-2-1-3-5-13/h12-13,17H,1-11H2,(H,15,18). The third-order valence-corrected chi connectivity index (χ3v) is 4.30. The van der Waals surface area contributed by atoms with Gasteiger partial charge in [-0.15, -0.1) is 0 Å². The van der Waals surface area contributed by atoms with Crippen LogP contribution < -0.4 is 5.32 Å². The Bertz CT molecular complexity index is 257. The summed E-state index contributed by atoms with van der Waals surface area (Å²) in [5.74, 6) is 0.631. The van der Waals surface area contributed by atoms with E-state index >= 15 is 0 Å². The van der Waals surface area contributed by atoms with Crippen molar-refractivity contribution in [2.24, 2.45) is 5.92 Å². The highest BCUT2D eigenvalue weighted by molar-refractivity contribution is 5.78. The molecule has 18 heavy (non-hydrogen) atoms. The van der Waals surface area contributed by atoms with E-state index in [1.807, 2.05) is 0 Å². The van der Waals surface area contributed by atoms with Crippen LogP contribution in [0.15, 0.2) is 0 Å². The molecule has 0 aromatic rings. The van der Waals surface area contributed by atoms with Crippen molar-refractivity contribution in [2.75, 3.05) is 26.2 Å². The van der Waals surface area contributed by atoms with Crippen molar-refractivity contribution in [3.05, 3.63) is 0 Å². The molecule has 0 aromatic heterocycles. The Morgan fingerprint density at radius 1 is 1.11 bits per heavy atom. The van der Waals surface area contributed by atoms with Crippen LogP contribution in [-0.4, -0.2) is 48.2 Å². The molecule has 4 heteroatoms. The molecule has 104 valence electrons. The number of carbonyl (C=O) groups excluding carboxylic acids is 1. The zero-order valence-electron chi connectivity index (χ0n) is 11.2. The first-order valence-corrected chi connectivity index (χ1v) is 7.40. The quantitative estimate of drug-likeness (QED) is 0.791. The highest BCUT2D eigenvalue weighted by atomic mass is 16.3. The average molecular weight is 254 g/mol. The van der Waals surface area contributed by atoms with Gasteiger partial charge in [0.1, 0.15) is 0 Å². The smallest absolute Gasteiger partial charge is 0.234 e. The molecule has 1 aliphatic carbocycles. The number of rotatable bonds is 4. The van der Waals surface area contributed by atoms with Crippen LogP contribution in [-0.2, 0) is 4.79 Å². The maximum Gasteiger partial charge on any atom is 0.234 e. The molecule has 0 atom stereocenters. The second kappa shape index (κ2) is 7.10. The first-order chi connectivity index (χ1) is 8.78. The number of hydrogen-bond donors (Lipinski definition) is 2. The van der Waals surface area contributed by atoms with Crippen molar-refractivity contribution in [1.29, 1.82) is 0 Å². The Morgan fingerprint density at radius 3 is 2.39 bits per heavy atom. The fourth-order valence-electron chi connectivity index (χ4n) is 3.05. The van der Waals surface area contributed by atoms with Gasteiger partial charge in [-0.2, -0.15) is 0 Å². The maximum atomic E-state index is 11.9. The van der Waals surface area contributed by atoms with Crippen molar-refractivity contribution < 1.29 is 9.90 Å². The van der Waals surface area contributed by atoms with E-state index in [9.17, 15) is 4.79 Å². The normalized spacial score (nSPS) is 24.1. The van der Waals surface area contributed by atoms with Gasteiger partial charge in [0.15, 0.2) is 0 Å². The number of hydrogen-bond acceptors (Lipinski definition) is 3. The lowest BCUT2D eigenvalue weighted by molar-refractivity contribution is -0.123. The van der Waals surface area contributed by atoms with E-state index in [1.54, 1.807) is 0 Å². The summed E-state index contributed by atoms with van der Waals surface area (Å²) in [7, 11) is 0. The summed E-state index contributed by atoms with van der Waals surface area (Å²) in [4.78, 5) is 14.1. The first kappa shape index (κ1) is 13.8. The minimum Gasteiger partial charge on any atom is -0.396 e. The largest absolute Gasteiger partial charge is 0.396 e. The fraction of sp³-hybridized carbons (Fsp3) is 0.929. The summed E-state index contributed by atoms with van der Waals surface area (Å²) in [6.45, 7) is 2.73. The fourth-order valence-corrected chi connectivity index (χ4v) is 3.05. The van der Waals surface area contributed by atoms with Gasteiger partial charge >= 0.3 is 0 Å². The van der Waals surface area contributed by atoms with E-state index in [-0.39, 0.29) is 5.91 Å². The number of amides is 1. The van der Waals surface area contributed by atoms with Gasteiger partial charge in [0.25, 0.3) is 0 Å². The first-order valence-electron chi connectivity index (χ1n) is 7.40. The summed E-state index contributed by atoms with van der Waals surface area (Å²) < 4.78 is 0. The Kier molecular flexibility index (Phi) is 5.45. The van der Waals surface area contributed by atoms with Gasteiger partial charge < -0.3 is 10.4 Å². The lowest BCUT2D eigenvalue weighted by Gasteiger charge is -2.31. The molecule has 0 bridgehead atoms. The molecular formula is C14H26N2O2. The number of nitrogens with one attached hydrogen (secondary N) is 1. The average Bonchev–Trinajstić information content (AvgIpc) is 2.40. The molecule has 1 saturated carbocycles. The van der Waals surface area contributed by atoms with Gasteiger partial charge in [0, 0.05) is 12.6 Å². The molecule has 2 rings (SSSR count). The molecule has 4 nitrogen and oxygen atoms in total. The molecule has 1 amide bonds. The number of likely N-dealkylation sites (tertiary alicyclic amines) is 1. The molecule has 1 heterocycles. The zero-order valence-corrected chi connectivity index (χ0v) is 11.2. The van der Waals surface area contributed by atoms with E-state index in [0.29, 0.717) is 25.1 Å². The highest BCUT2D eigenvalue weighted by Crippen LogP contribution is 2.18. The lowest BCUT2D eigenvalue weighted by atomic mass is 9.95. The van der Waals surface area contributed by atoms with Gasteiger partial charge in [0.05, 0.1) is 6.54 Å². The second-order valence-electron chi connectivity index (χ2n) is 5.80. The molecule has 0 aromatic carbocycles. The number of carbonyl (C=O) groups is 1. The maximum absolute atomic E-state index is 11.9.